The summed E-state index contributed by atoms with van der Waals surface area (Å²) in [6.45, 7) is 0. The lowest BCUT2D eigenvalue weighted by Crippen LogP contribution is -2.48. The summed E-state index contributed by atoms with van der Waals surface area (Å²) >= 11 is 6.00. The standard InChI is InChI=1S/C12H16ClN3O3/c1-19-11-14-7-8(13)9(15-11)16-12(10(17)18)5-3-2-4-6-12/h7H,2-6H2,1H3,(H,17,18)(H,14,15,16). The highest BCUT2D eigenvalue weighted by Crippen LogP contribution is 2.33. The number of aliphatic carboxylic acids is 1. The molecular weight excluding hydrogens is 270 g/mol. The molecule has 0 saturated heterocycles. The van der Waals surface area contributed by atoms with Crippen LogP contribution < -0.4 is 10.1 Å². The number of carboxylic acid groups (broad SMARTS) is 1. The molecule has 0 atom stereocenters. The quantitative estimate of drug-likeness (QED) is 0.883. The third kappa shape index (κ3) is 2.89. The first-order valence-electron chi connectivity index (χ1n) is 6.15. The molecule has 1 saturated carbocycles. The van der Waals surface area contributed by atoms with Gasteiger partial charge in [-0.3, -0.25) is 0 Å². The molecule has 0 amide bonds. The van der Waals surface area contributed by atoms with E-state index in [9.17, 15) is 9.90 Å². The minimum Gasteiger partial charge on any atom is -0.480 e. The van der Waals surface area contributed by atoms with Crippen molar-refractivity contribution in [1.29, 1.82) is 0 Å². The Kier molecular flexibility index (Phi) is 4.09. The first-order valence-corrected chi connectivity index (χ1v) is 6.53. The summed E-state index contributed by atoms with van der Waals surface area (Å²) in [5, 5.41) is 12.7. The van der Waals surface area contributed by atoms with Gasteiger partial charge in [0.25, 0.3) is 0 Å². The van der Waals surface area contributed by atoms with Gasteiger partial charge in [-0.15, -0.1) is 0 Å². The number of hydrogen-bond donors (Lipinski definition) is 2. The molecule has 0 bridgehead atoms. The second-order valence-corrected chi connectivity index (χ2v) is 5.03. The van der Waals surface area contributed by atoms with Gasteiger partial charge in [0.1, 0.15) is 10.6 Å². The normalized spacial score (nSPS) is 17.8. The number of anilines is 1. The van der Waals surface area contributed by atoms with Crippen molar-refractivity contribution in [2.75, 3.05) is 12.4 Å². The van der Waals surface area contributed by atoms with Crippen LogP contribution in [-0.4, -0.2) is 33.7 Å². The average Bonchev–Trinajstić information content (AvgIpc) is 2.42. The summed E-state index contributed by atoms with van der Waals surface area (Å²) in [7, 11) is 1.45. The van der Waals surface area contributed by atoms with Crippen molar-refractivity contribution in [1.82, 2.24) is 9.97 Å². The molecule has 1 aliphatic rings. The van der Waals surface area contributed by atoms with Gasteiger partial charge in [-0.25, -0.2) is 9.78 Å². The molecule has 0 unspecified atom stereocenters. The summed E-state index contributed by atoms with van der Waals surface area (Å²) in [5.74, 6) is -0.571. The number of ether oxygens (including phenoxy) is 1. The number of nitrogens with zero attached hydrogens (tertiary/aromatic N) is 2. The summed E-state index contributed by atoms with van der Waals surface area (Å²) in [5.41, 5.74) is -0.999. The monoisotopic (exact) mass is 285 g/mol. The topological polar surface area (TPSA) is 84.3 Å². The molecule has 1 fully saturated rings. The van der Waals surface area contributed by atoms with E-state index in [1.807, 2.05) is 0 Å². The van der Waals surface area contributed by atoms with E-state index in [-0.39, 0.29) is 11.0 Å². The van der Waals surface area contributed by atoms with Gasteiger partial charge < -0.3 is 15.2 Å². The molecule has 0 aromatic carbocycles. The van der Waals surface area contributed by atoms with Crippen LogP contribution in [0.15, 0.2) is 6.20 Å². The maximum atomic E-state index is 11.6. The van der Waals surface area contributed by atoms with Gasteiger partial charge in [-0.05, 0) is 12.8 Å². The van der Waals surface area contributed by atoms with E-state index in [0.717, 1.165) is 19.3 Å². The van der Waals surface area contributed by atoms with Crippen LogP contribution in [0.1, 0.15) is 32.1 Å². The number of carbonyl (C=O) groups is 1. The molecule has 19 heavy (non-hydrogen) atoms. The lowest BCUT2D eigenvalue weighted by atomic mass is 9.81. The van der Waals surface area contributed by atoms with Crippen molar-refractivity contribution in [3.63, 3.8) is 0 Å². The van der Waals surface area contributed by atoms with Crippen LogP contribution in [0.25, 0.3) is 0 Å². The number of hydrogen-bond acceptors (Lipinski definition) is 5. The van der Waals surface area contributed by atoms with Crippen molar-refractivity contribution < 1.29 is 14.6 Å². The maximum absolute atomic E-state index is 11.6. The minimum atomic E-state index is -0.999. The Labute approximate surface area is 116 Å². The Bertz CT molecular complexity index is 475. The summed E-state index contributed by atoms with van der Waals surface area (Å²) in [4.78, 5) is 19.5. The smallest absolute Gasteiger partial charge is 0.329 e. The van der Waals surface area contributed by atoms with E-state index in [1.54, 1.807) is 0 Å². The second kappa shape index (κ2) is 5.61. The fourth-order valence-electron chi connectivity index (χ4n) is 2.31. The Morgan fingerprint density at radius 2 is 2.16 bits per heavy atom. The second-order valence-electron chi connectivity index (χ2n) is 4.63. The fourth-order valence-corrected chi connectivity index (χ4v) is 2.45. The molecule has 0 radical (unpaired) electrons. The SMILES string of the molecule is COc1ncc(Cl)c(NC2(C(=O)O)CCCCC2)n1. The number of carboxylic acids is 1. The third-order valence-electron chi connectivity index (χ3n) is 3.38. The Balaban J connectivity index is 2.28. The summed E-state index contributed by atoms with van der Waals surface area (Å²) in [6.07, 6.45) is 5.32. The zero-order valence-electron chi connectivity index (χ0n) is 10.6. The number of halogens is 1. The first kappa shape index (κ1) is 13.9. The van der Waals surface area contributed by atoms with Gasteiger partial charge >= 0.3 is 12.0 Å². The zero-order valence-corrected chi connectivity index (χ0v) is 11.4. The molecule has 2 N–H and O–H groups in total. The fraction of sp³-hybridized carbons (Fsp3) is 0.583. The highest BCUT2D eigenvalue weighted by molar-refractivity contribution is 6.32. The summed E-state index contributed by atoms with van der Waals surface area (Å²) < 4.78 is 4.92. The predicted octanol–water partition coefficient (Wildman–Crippen LogP) is 2.34. The molecule has 1 heterocycles. The Morgan fingerprint density at radius 1 is 1.47 bits per heavy atom. The summed E-state index contributed by atoms with van der Waals surface area (Å²) in [6, 6.07) is 0.156. The molecule has 6 nitrogen and oxygen atoms in total. The van der Waals surface area contributed by atoms with Gasteiger partial charge in [0.15, 0.2) is 5.82 Å². The van der Waals surface area contributed by atoms with Crippen molar-refractivity contribution in [2.45, 2.75) is 37.6 Å². The Hall–Kier alpha value is -1.56. The van der Waals surface area contributed by atoms with Gasteiger partial charge in [-0.2, -0.15) is 4.98 Å². The van der Waals surface area contributed by atoms with E-state index < -0.39 is 11.5 Å². The minimum absolute atomic E-state index is 0.156. The predicted molar refractivity (Wildman–Crippen MR) is 70.7 cm³/mol. The number of aromatic nitrogens is 2. The molecule has 0 aliphatic heterocycles. The van der Waals surface area contributed by atoms with Crippen LogP contribution in [0.4, 0.5) is 5.82 Å². The zero-order chi connectivity index (χ0) is 13.9. The van der Waals surface area contributed by atoms with Crippen LogP contribution in [0.5, 0.6) is 6.01 Å². The highest BCUT2D eigenvalue weighted by Gasteiger charge is 2.40. The van der Waals surface area contributed by atoms with Gasteiger partial charge in [0.2, 0.25) is 0 Å². The van der Waals surface area contributed by atoms with Crippen molar-refractivity contribution in [3.05, 3.63) is 11.2 Å². The molecule has 1 aromatic rings. The molecule has 1 aliphatic carbocycles. The molecule has 2 rings (SSSR count). The van der Waals surface area contributed by atoms with Crippen LogP contribution >= 0.6 is 11.6 Å². The van der Waals surface area contributed by atoms with Crippen LogP contribution in [0.2, 0.25) is 5.02 Å². The van der Waals surface area contributed by atoms with E-state index in [1.165, 1.54) is 13.3 Å². The van der Waals surface area contributed by atoms with Crippen molar-refractivity contribution in [2.24, 2.45) is 0 Å². The van der Waals surface area contributed by atoms with Crippen molar-refractivity contribution >= 4 is 23.4 Å². The van der Waals surface area contributed by atoms with E-state index in [2.05, 4.69) is 15.3 Å². The molecule has 7 heteroatoms. The third-order valence-corrected chi connectivity index (χ3v) is 3.66. The molecular formula is C12H16ClN3O3. The Morgan fingerprint density at radius 3 is 2.74 bits per heavy atom. The van der Waals surface area contributed by atoms with E-state index in [4.69, 9.17) is 16.3 Å². The lowest BCUT2D eigenvalue weighted by Gasteiger charge is -2.34. The molecule has 0 spiro atoms. The lowest BCUT2D eigenvalue weighted by molar-refractivity contribution is -0.143. The number of rotatable bonds is 4. The number of nitrogens with one attached hydrogen (secondary N) is 1. The van der Waals surface area contributed by atoms with Gasteiger partial charge in [0, 0.05) is 0 Å². The van der Waals surface area contributed by atoms with Crippen LogP contribution in [-0.2, 0) is 4.79 Å². The first-order chi connectivity index (χ1) is 9.07. The average molecular weight is 286 g/mol. The number of methoxy groups -OCH3 is 1. The maximum Gasteiger partial charge on any atom is 0.329 e. The van der Waals surface area contributed by atoms with E-state index >= 15 is 0 Å². The molecule has 1 aromatic heterocycles. The largest absolute Gasteiger partial charge is 0.480 e. The van der Waals surface area contributed by atoms with Crippen LogP contribution in [0, 0.1) is 0 Å². The molecule has 104 valence electrons. The van der Waals surface area contributed by atoms with Gasteiger partial charge in [-0.1, -0.05) is 30.9 Å². The highest BCUT2D eigenvalue weighted by atomic mass is 35.5. The van der Waals surface area contributed by atoms with Gasteiger partial charge in [0.05, 0.1) is 13.3 Å². The van der Waals surface area contributed by atoms with Crippen molar-refractivity contribution in [3.8, 4) is 6.01 Å². The van der Waals surface area contributed by atoms with Crippen LogP contribution in [0.3, 0.4) is 0 Å². The van der Waals surface area contributed by atoms with E-state index in [0.29, 0.717) is 18.7 Å².